The summed E-state index contributed by atoms with van der Waals surface area (Å²) in [6, 6.07) is 4.29. The molecule has 0 spiro atoms. The summed E-state index contributed by atoms with van der Waals surface area (Å²) < 4.78 is 26.7. The second kappa shape index (κ2) is 6.92. The third-order valence-corrected chi connectivity index (χ3v) is 4.90. The van der Waals surface area contributed by atoms with E-state index in [-0.39, 0.29) is 42.8 Å². The van der Waals surface area contributed by atoms with Gasteiger partial charge >= 0.3 is 0 Å². The summed E-state index contributed by atoms with van der Waals surface area (Å²) in [6.07, 6.45) is 2.59. The number of halogens is 3. The first kappa shape index (κ1) is 17.2. The molecule has 122 valence electrons. The highest BCUT2D eigenvalue weighted by molar-refractivity contribution is 5.85. The Morgan fingerprint density at radius 3 is 2.77 bits per heavy atom. The fourth-order valence-electron chi connectivity index (χ4n) is 3.65. The highest BCUT2D eigenvalue weighted by atomic mass is 35.5. The molecule has 22 heavy (non-hydrogen) atoms. The number of carbonyl (C=O) groups excluding carboxylic acids is 1. The Kier molecular flexibility index (Phi) is 5.40. The topological polar surface area (TPSA) is 46.3 Å². The van der Waals surface area contributed by atoms with E-state index in [0.717, 1.165) is 32.0 Å². The lowest BCUT2D eigenvalue weighted by molar-refractivity contribution is -0.130. The SMILES string of the molecule is Cl.NC1CCC2CN(C(=O)CCc3cccc(F)c3F)CC12. The van der Waals surface area contributed by atoms with Gasteiger partial charge in [-0.05, 0) is 42.7 Å². The number of benzene rings is 1. The molecule has 1 saturated carbocycles. The highest BCUT2D eigenvalue weighted by Crippen LogP contribution is 2.37. The van der Waals surface area contributed by atoms with Crippen molar-refractivity contribution in [3.8, 4) is 0 Å². The van der Waals surface area contributed by atoms with Crippen molar-refractivity contribution in [3.63, 3.8) is 0 Å². The normalized spacial score (nSPS) is 26.7. The predicted molar refractivity (Wildman–Crippen MR) is 82.7 cm³/mol. The zero-order valence-corrected chi connectivity index (χ0v) is 13.1. The molecule has 1 aromatic carbocycles. The summed E-state index contributed by atoms with van der Waals surface area (Å²) in [5, 5.41) is 0. The number of rotatable bonds is 3. The fourth-order valence-corrected chi connectivity index (χ4v) is 3.65. The van der Waals surface area contributed by atoms with Crippen LogP contribution in [0.25, 0.3) is 0 Å². The maximum absolute atomic E-state index is 13.6. The smallest absolute Gasteiger partial charge is 0.222 e. The molecule has 3 atom stereocenters. The number of likely N-dealkylation sites (tertiary alicyclic amines) is 1. The molecular formula is C16H21ClF2N2O. The number of nitrogens with zero attached hydrogens (tertiary/aromatic N) is 1. The first-order valence-corrected chi connectivity index (χ1v) is 7.52. The van der Waals surface area contributed by atoms with Gasteiger partial charge in [0.1, 0.15) is 0 Å². The van der Waals surface area contributed by atoms with Crippen LogP contribution in [0.15, 0.2) is 18.2 Å². The lowest BCUT2D eigenvalue weighted by atomic mass is 9.98. The molecule has 0 bridgehead atoms. The first-order chi connectivity index (χ1) is 10.1. The molecule has 3 rings (SSSR count). The number of aryl methyl sites for hydroxylation is 1. The molecule has 2 aliphatic rings. The quantitative estimate of drug-likeness (QED) is 0.925. The molecule has 2 fully saturated rings. The van der Waals surface area contributed by atoms with Gasteiger partial charge in [0, 0.05) is 25.6 Å². The summed E-state index contributed by atoms with van der Waals surface area (Å²) in [4.78, 5) is 14.1. The molecule has 0 aromatic heterocycles. The van der Waals surface area contributed by atoms with Gasteiger partial charge in [-0.1, -0.05) is 12.1 Å². The van der Waals surface area contributed by atoms with Gasteiger partial charge < -0.3 is 10.6 Å². The lowest BCUT2D eigenvalue weighted by Crippen LogP contribution is -2.33. The minimum absolute atomic E-state index is 0. The van der Waals surface area contributed by atoms with Crippen molar-refractivity contribution in [2.75, 3.05) is 13.1 Å². The summed E-state index contributed by atoms with van der Waals surface area (Å²) in [5.41, 5.74) is 6.32. The van der Waals surface area contributed by atoms with Gasteiger partial charge in [-0.15, -0.1) is 12.4 Å². The molecule has 0 radical (unpaired) electrons. The molecule has 1 aliphatic carbocycles. The Labute approximate surface area is 135 Å². The van der Waals surface area contributed by atoms with E-state index in [9.17, 15) is 13.6 Å². The van der Waals surface area contributed by atoms with Crippen LogP contribution in [0.4, 0.5) is 8.78 Å². The lowest BCUT2D eigenvalue weighted by Gasteiger charge is -2.18. The predicted octanol–water partition coefficient (Wildman–Crippen LogP) is 2.51. The van der Waals surface area contributed by atoms with Crippen molar-refractivity contribution in [1.29, 1.82) is 0 Å². The Hall–Kier alpha value is -1.20. The van der Waals surface area contributed by atoms with E-state index in [1.807, 2.05) is 4.90 Å². The van der Waals surface area contributed by atoms with Crippen molar-refractivity contribution in [2.24, 2.45) is 17.6 Å². The molecule has 1 aromatic rings. The standard InChI is InChI=1S/C16H20F2N2O.ClH/c17-13-3-1-2-10(16(13)18)5-7-15(21)20-8-11-4-6-14(19)12(11)9-20;/h1-3,11-12,14H,4-9,19H2;1H. The van der Waals surface area contributed by atoms with E-state index in [1.54, 1.807) is 0 Å². The molecule has 1 aliphatic heterocycles. The average molecular weight is 331 g/mol. The number of carbonyl (C=O) groups is 1. The van der Waals surface area contributed by atoms with E-state index < -0.39 is 11.6 Å². The van der Waals surface area contributed by atoms with Crippen LogP contribution < -0.4 is 5.73 Å². The van der Waals surface area contributed by atoms with Crippen molar-refractivity contribution in [1.82, 2.24) is 4.90 Å². The average Bonchev–Trinajstić information content (AvgIpc) is 3.03. The van der Waals surface area contributed by atoms with Gasteiger partial charge in [0.15, 0.2) is 11.6 Å². The van der Waals surface area contributed by atoms with E-state index in [4.69, 9.17) is 5.73 Å². The molecule has 1 heterocycles. The third kappa shape index (κ3) is 3.25. The van der Waals surface area contributed by atoms with Crippen LogP contribution in [0, 0.1) is 23.5 Å². The Balaban J connectivity index is 0.00000176. The summed E-state index contributed by atoms with van der Waals surface area (Å²) in [6.45, 7) is 1.49. The molecular weight excluding hydrogens is 310 g/mol. The van der Waals surface area contributed by atoms with Crippen molar-refractivity contribution in [3.05, 3.63) is 35.4 Å². The van der Waals surface area contributed by atoms with Gasteiger partial charge in [-0.2, -0.15) is 0 Å². The Bertz CT molecular complexity index is 555. The van der Waals surface area contributed by atoms with Gasteiger partial charge in [0.2, 0.25) is 5.91 Å². The first-order valence-electron chi connectivity index (χ1n) is 7.52. The molecule has 1 amide bonds. The van der Waals surface area contributed by atoms with Crippen LogP contribution in [0.5, 0.6) is 0 Å². The molecule has 2 N–H and O–H groups in total. The Morgan fingerprint density at radius 1 is 1.27 bits per heavy atom. The minimum atomic E-state index is -0.860. The van der Waals surface area contributed by atoms with Crippen LogP contribution >= 0.6 is 12.4 Å². The molecule has 3 unspecified atom stereocenters. The zero-order valence-electron chi connectivity index (χ0n) is 12.3. The summed E-state index contributed by atoms with van der Waals surface area (Å²) in [5.74, 6) is -0.748. The largest absolute Gasteiger partial charge is 0.342 e. The fraction of sp³-hybridized carbons (Fsp3) is 0.562. The maximum atomic E-state index is 13.6. The zero-order chi connectivity index (χ0) is 15.0. The number of nitrogens with two attached hydrogens (primary N) is 1. The van der Waals surface area contributed by atoms with Gasteiger partial charge in [-0.25, -0.2) is 8.78 Å². The van der Waals surface area contributed by atoms with Crippen LogP contribution in [-0.2, 0) is 11.2 Å². The summed E-state index contributed by atoms with van der Waals surface area (Å²) in [7, 11) is 0. The molecule has 3 nitrogen and oxygen atoms in total. The second-order valence-electron chi connectivity index (χ2n) is 6.18. The highest BCUT2D eigenvalue weighted by Gasteiger charge is 2.42. The maximum Gasteiger partial charge on any atom is 0.222 e. The van der Waals surface area contributed by atoms with Crippen LogP contribution in [-0.4, -0.2) is 29.9 Å². The third-order valence-electron chi connectivity index (χ3n) is 4.90. The minimum Gasteiger partial charge on any atom is -0.342 e. The molecule has 1 saturated heterocycles. The van der Waals surface area contributed by atoms with Gasteiger partial charge in [0.25, 0.3) is 0 Å². The number of hydrogen-bond acceptors (Lipinski definition) is 2. The van der Waals surface area contributed by atoms with E-state index >= 15 is 0 Å². The van der Waals surface area contributed by atoms with Gasteiger partial charge in [0.05, 0.1) is 0 Å². The van der Waals surface area contributed by atoms with Crippen LogP contribution in [0.2, 0.25) is 0 Å². The Morgan fingerprint density at radius 2 is 2.05 bits per heavy atom. The number of fused-ring (bicyclic) bond motifs is 1. The number of hydrogen-bond donors (Lipinski definition) is 1. The van der Waals surface area contributed by atoms with Crippen molar-refractivity contribution < 1.29 is 13.6 Å². The molecule has 6 heteroatoms. The van der Waals surface area contributed by atoms with Crippen LogP contribution in [0.1, 0.15) is 24.8 Å². The van der Waals surface area contributed by atoms with Crippen LogP contribution in [0.3, 0.4) is 0 Å². The second-order valence-corrected chi connectivity index (χ2v) is 6.18. The van der Waals surface area contributed by atoms with Crippen molar-refractivity contribution in [2.45, 2.75) is 31.7 Å². The van der Waals surface area contributed by atoms with Gasteiger partial charge in [-0.3, -0.25) is 4.79 Å². The van der Waals surface area contributed by atoms with E-state index in [0.29, 0.717) is 11.8 Å². The van der Waals surface area contributed by atoms with Crippen molar-refractivity contribution >= 4 is 18.3 Å². The van der Waals surface area contributed by atoms with E-state index in [1.165, 1.54) is 12.1 Å². The number of amides is 1. The summed E-state index contributed by atoms with van der Waals surface area (Å²) >= 11 is 0. The monoisotopic (exact) mass is 330 g/mol. The van der Waals surface area contributed by atoms with E-state index in [2.05, 4.69) is 0 Å².